The fraction of sp³-hybridized carbons (Fsp3) is 0.533. The molecule has 1 N–H and O–H groups in total. The zero-order valence-electron chi connectivity index (χ0n) is 10.7. The first kappa shape index (κ1) is 13.2. The lowest BCUT2D eigenvalue weighted by atomic mass is 9.96. The highest BCUT2D eigenvalue weighted by atomic mass is 35.5. The third-order valence-corrected chi connectivity index (χ3v) is 4.04. The Labute approximate surface area is 114 Å². The molecule has 2 rings (SSSR count). The molecule has 1 aromatic carbocycles. The molecule has 0 bridgehead atoms. The van der Waals surface area contributed by atoms with Crippen LogP contribution in [0.25, 0.3) is 0 Å². The second-order valence-electron chi connectivity index (χ2n) is 5.17. The van der Waals surface area contributed by atoms with Crippen LogP contribution in [0.1, 0.15) is 44.6 Å². The molecular formula is C15H19ClN2. The van der Waals surface area contributed by atoms with Crippen molar-refractivity contribution in [2.75, 3.05) is 5.32 Å². The molecule has 0 aliphatic heterocycles. The van der Waals surface area contributed by atoms with Gasteiger partial charge in [-0.25, -0.2) is 0 Å². The van der Waals surface area contributed by atoms with Gasteiger partial charge in [-0.15, -0.1) is 0 Å². The molecule has 0 spiro atoms. The highest BCUT2D eigenvalue weighted by Gasteiger charge is 2.20. The van der Waals surface area contributed by atoms with E-state index in [0.717, 1.165) is 5.69 Å². The van der Waals surface area contributed by atoms with E-state index in [1.807, 2.05) is 12.1 Å². The molecule has 3 heteroatoms. The molecule has 1 aromatic rings. The molecule has 0 radical (unpaired) electrons. The number of nitriles is 1. The summed E-state index contributed by atoms with van der Waals surface area (Å²) in [6.45, 7) is 2.30. The van der Waals surface area contributed by atoms with E-state index in [9.17, 15) is 0 Å². The summed E-state index contributed by atoms with van der Waals surface area (Å²) in [5, 5.41) is 13.3. The molecule has 2 atom stereocenters. The second kappa shape index (κ2) is 6.11. The van der Waals surface area contributed by atoms with Crippen molar-refractivity contribution in [1.82, 2.24) is 0 Å². The summed E-state index contributed by atoms with van der Waals surface area (Å²) < 4.78 is 0. The summed E-state index contributed by atoms with van der Waals surface area (Å²) in [5.41, 5.74) is 1.56. The maximum Gasteiger partial charge on any atom is 0.101 e. The van der Waals surface area contributed by atoms with Crippen LogP contribution in [0.5, 0.6) is 0 Å². The van der Waals surface area contributed by atoms with Crippen LogP contribution < -0.4 is 5.32 Å². The molecule has 0 heterocycles. The van der Waals surface area contributed by atoms with Crippen LogP contribution in [-0.4, -0.2) is 6.04 Å². The monoisotopic (exact) mass is 262 g/mol. The smallest absolute Gasteiger partial charge is 0.101 e. The lowest BCUT2D eigenvalue weighted by Crippen LogP contribution is -2.26. The van der Waals surface area contributed by atoms with Gasteiger partial charge in [-0.2, -0.15) is 5.26 Å². The highest BCUT2D eigenvalue weighted by Crippen LogP contribution is 2.28. The molecule has 1 fully saturated rings. The molecule has 0 saturated heterocycles. The fourth-order valence-electron chi connectivity index (χ4n) is 2.64. The SMILES string of the molecule is CC1CCCCCC1Nc1ccc(Cl)cc1C#N. The van der Waals surface area contributed by atoms with Crippen molar-refractivity contribution in [1.29, 1.82) is 5.26 Å². The van der Waals surface area contributed by atoms with Gasteiger partial charge in [0.1, 0.15) is 6.07 Å². The maximum absolute atomic E-state index is 9.15. The highest BCUT2D eigenvalue weighted by molar-refractivity contribution is 6.30. The summed E-state index contributed by atoms with van der Waals surface area (Å²) >= 11 is 5.91. The Morgan fingerprint density at radius 1 is 1.28 bits per heavy atom. The number of nitrogens with zero attached hydrogens (tertiary/aromatic N) is 1. The number of benzene rings is 1. The first-order valence-corrected chi connectivity index (χ1v) is 7.04. The molecule has 1 saturated carbocycles. The summed E-state index contributed by atoms with van der Waals surface area (Å²) in [6, 6.07) is 8.16. The third-order valence-electron chi connectivity index (χ3n) is 3.80. The molecular weight excluding hydrogens is 244 g/mol. The average Bonchev–Trinajstić information content (AvgIpc) is 2.57. The van der Waals surface area contributed by atoms with E-state index in [4.69, 9.17) is 16.9 Å². The van der Waals surface area contributed by atoms with E-state index in [-0.39, 0.29) is 0 Å². The standard InChI is InChI=1S/C15H19ClN2/c1-11-5-3-2-4-6-14(11)18-15-8-7-13(16)9-12(15)10-17/h7-9,11,14,18H,2-6H2,1H3. The van der Waals surface area contributed by atoms with Crippen molar-refractivity contribution >= 4 is 17.3 Å². The quantitative estimate of drug-likeness (QED) is 0.791. The molecule has 2 unspecified atom stereocenters. The van der Waals surface area contributed by atoms with Crippen molar-refractivity contribution in [2.24, 2.45) is 5.92 Å². The van der Waals surface area contributed by atoms with Crippen molar-refractivity contribution < 1.29 is 0 Å². The van der Waals surface area contributed by atoms with Crippen LogP contribution in [-0.2, 0) is 0 Å². The van der Waals surface area contributed by atoms with Crippen LogP contribution in [0.4, 0.5) is 5.69 Å². The molecule has 96 valence electrons. The Hall–Kier alpha value is -1.20. The van der Waals surface area contributed by atoms with E-state index in [2.05, 4.69) is 18.3 Å². The minimum absolute atomic E-state index is 0.473. The largest absolute Gasteiger partial charge is 0.381 e. The summed E-state index contributed by atoms with van der Waals surface area (Å²) in [6.07, 6.45) is 6.39. The van der Waals surface area contributed by atoms with Crippen LogP contribution in [0.2, 0.25) is 5.02 Å². The Morgan fingerprint density at radius 3 is 2.83 bits per heavy atom. The zero-order chi connectivity index (χ0) is 13.0. The lowest BCUT2D eigenvalue weighted by Gasteiger charge is -2.24. The third kappa shape index (κ3) is 3.17. The lowest BCUT2D eigenvalue weighted by molar-refractivity contribution is 0.456. The van der Waals surface area contributed by atoms with Crippen LogP contribution in [0, 0.1) is 17.2 Å². The average molecular weight is 263 g/mol. The summed E-state index contributed by atoms with van der Waals surface area (Å²) in [7, 11) is 0. The number of anilines is 1. The van der Waals surface area contributed by atoms with E-state index in [0.29, 0.717) is 22.5 Å². The van der Waals surface area contributed by atoms with Gasteiger partial charge in [0, 0.05) is 11.1 Å². The molecule has 1 aliphatic rings. The first-order valence-electron chi connectivity index (χ1n) is 6.67. The zero-order valence-corrected chi connectivity index (χ0v) is 11.5. The van der Waals surface area contributed by atoms with E-state index < -0.39 is 0 Å². The number of hydrogen-bond donors (Lipinski definition) is 1. The normalized spacial score (nSPS) is 24.1. The van der Waals surface area contributed by atoms with Crippen LogP contribution in [0.3, 0.4) is 0 Å². The van der Waals surface area contributed by atoms with Gasteiger partial charge in [0.15, 0.2) is 0 Å². The van der Waals surface area contributed by atoms with Gasteiger partial charge >= 0.3 is 0 Å². The van der Waals surface area contributed by atoms with Gasteiger partial charge in [0.05, 0.1) is 11.3 Å². The van der Waals surface area contributed by atoms with E-state index in [1.165, 1.54) is 32.1 Å². The van der Waals surface area contributed by atoms with Gasteiger partial charge in [-0.1, -0.05) is 37.8 Å². The summed E-state index contributed by atoms with van der Waals surface area (Å²) in [4.78, 5) is 0. The Balaban J connectivity index is 2.15. The predicted octanol–water partition coefficient (Wildman–Crippen LogP) is 4.59. The molecule has 18 heavy (non-hydrogen) atoms. The van der Waals surface area contributed by atoms with Crippen molar-refractivity contribution in [3.05, 3.63) is 28.8 Å². The number of rotatable bonds is 2. The molecule has 0 aromatic heterocycles. The number of halogens is 1. The predicted molar refractivity (Wildman–Crippen MR) is 75.8 cm³/mol. The van der Waals surface area contributed by atoms with E-state index in [1.54, 1.807) is 6.07 Å². The minimum Gasteiger partial charge on any atom is -0.381 e. The topological polar surface area (TPSA) is 35.8 Å². The number of hydrogen-bond acceptors (Lipinski definition) is 2. The van der Waals surface area contributed by atoms with Gasteiger partial charge in [-0.3, -0.25) is 0 Å². The van der Waals surface area contributed by atoms with Gasteiger partial charge in [-0.05, 0) is 37.0 Å². The Bertz CT molecular complexity index is 450. The van der Waals surface area contributed by atoms with Gasteiger partial charge < -0.3 is 5.32 Å². The summed E-state index contributed by atoms with van der Waals surface area (Å²) in [5.74, 6) is 0.662. The maximum atomic E-state index is 9.15. The van der Waals surface area contributed by atoms with Crippen LogP contribution in [0.15, 0.2) is 18.2 Å². The van der Waals surface area contributed by atoms with Gasteiger partial charge in [0.2, 0.25) is 0 Å². The molecule has 2 nitrogen and oxygen atoms in total. The fourth-order valence-corrected chi connectivity index (χ4v) is 2.81. The van der Waals surface area contributed by atoms with Crippen molar-refractivity contribution in [3.8, 4) is 6.07 Å². The van der Waals surface area contributed by atoms with E-state index >= 15 is 0 Å². The molecule has 0 amide bonds. The molecule has 1 aliphatic carbocycles. The Kier molecular flexibility index (Phi) is 4.49. The Morgan fingerprint density at radius 2 is 2.06 bits per heavy atom. The first-order chi connectivity index (χ1) is 8.70. The van der Waals surface area contributed by atoms with Crippen LogP contribution >= 0.6 is 11.6 Å². The number of nitrogens with one attached hydrogen (secondary N) is 1. The second-order valence-corrected chi connectivity index (χ2v) is 5.60. The van der Waals surface area contributed by atoms with Crippen molar-refractivity contribution in [2.45, 2.75) is 45.1 Å². The van der Waals surface area contributed by atoms with Crippen molar-refractivity contribution in [3.63, 3.8) is 0 Å². The minimum atomic E-state index is 0.473. The van der Waals surface area contributed by atoms with Gasteiger partial charge in [0.25, 0.3) is 0 Å².